The summed E-state index contributed by atoms with van der Waals surface area (Å²) in [4.78, 5) is 31.1. The van der Waals surface area contributed by atoms with Gasteiger partial charge in [-0.3, -0.25) is 9.59 Å². The fourth-order valence-electron chi connectivity index (χ4n) is 5.40. The first kappa shape index (κ1) is 24.4. The van der Waals surface area contributed by atoms with E-state index in [2.05, 4.69) is 6.07 Å². The van der Waals surface area contributed by atoms with Crippen LogP contribution in [0.2, 0.25) is 0 Å². The zero-order valence-electron chi connectivity index (χ0n) is 21.1. The van der Waals surface area contributed by atoms with Crippen molar-refractivity contribution in [2.75, 3.05) is 39.4 Å². The van der Waals surface area contributed by atoms with Gasteiger partial charge in [-0.15, -0.1) is 0 Å². The number of benzene rings is 2. The van der Waals surface area contributed by atoms with Gasteiger partial charge in [0.05, 0.1) is 19.7 Å². The Morgan fingerprint density at radius 1 is 1.03 bits per heavy atom. The van der Waals surface area contributed by atoms with Crippen molar-refractivity contribution in [2.24, 2.45) is 0 Å². The van der Waals surface area contributed by atoms with Crippen LogP contribution in [0, 0.1) is 6.92 Å². The third-order valence-corrected chi connectivity index (χ3v) is 7.44. The van der Waals surface area contributed by atoms with Gasteiger partial charge in [0.2, 0.25) is 0 Å². The Labute approximate surface area is 211 Å². The van der Waals surface area contributed by atoms with Crippen molar-refractivity contribution >= 4 is 22.8 Å². The summed E-state index contributed by atoms with van der Waals surface area (Å²) in [7, 11) is 0. The van der Waals surface area contributed by atoms with Crippen molar-refractivity contribution in [3.05, 3.63) is 65.4 Å². The molecule has 7 nitrogen and oxygen atoms in total. The number of aryl methyl sites for hydroxylation is 2. The lowest BCUT2D eigenvalue weighted by atomic mass is 9.90. The molecule has 1 unspecified atom stereocenters. The van der Waals surface area contributed by atoms with Crippen LogP contribution >= 0.6 is 0 Å². The molecule has 0 radical (unpaired) electrons. The van der Waals surface area contributed by atoms with E-state index in [4.69, 9.17) is 13.9 Å². The number of ether oxygens (including phenoxy) is 2. The molecule has 1 aromatic heterocycles. The molecule has 1 fully saturated rings. The molecule has 0 saturated carbocycles. The number of hydrogen-bond acceptors (Lipinski definition) is 5. The molecule has 36 heavy (non-hydrogen) atoms. The molecule has 1 atom stereocenters. The quantitative estimate of drug-likeness (QED) is 0.525. The zero-order valence-corrected chi connectivity index (χ0v) is 21.1. The van der Waals surface area contributed by atoms with Gasteiger partial charge in [0.25, 0.3) is 11.8 Å². The maximum Gasteiger partial charge on any atom is 0.290 e. The van der Waals surface area contributed by atoms with Gasteiger partial charge in [0.15, 0.2) is 11.4 Å². The lowest BCUT2D eigenvalue weighted by Crippen LogP contribution is -2.62. The molecule has 0 N–H and O–H groups in total. The Balaban J connectivity index is 1.40. The number of nitrogens with zero attached hydrogens (tertiary/aromatic N) is 2. The van der Waals surface area contributed by atoms with E-state index in [0.717, 1.165) is 36.0 Å². The third kappa shape index (κ3) is 4.60. The van der Waals surface area contributed by atoms with Gasteiger partial charge in [-0.25, -0.2) is 0 Å². The molecule has 0 aliphatic carbocycles. The highest BCUT2D eigenvalue weighted by molar-refractivity contribution is 5.99. The summed E-state index contributed by atoms with van der Waals surface area (Å²) in [6.45, 7) is 6.25. The summed E-state index contributed by atoms with van der Waals surface area (Å²) < 4.78 is 18.3. The van der Waals surface area contributed by atoms with Crippen LogP contribution in [0.4, 0.5) is 0 Å². The van der Waals surface area contributed by atoms with E-state index in [-0.39, 0.29) is 18.4 Å². The average molecular weight is 491 g/mol. The molecule has 2 aliphatic rings. The Kier molecular flexibility index (Phi) is 7.01. The van der Waals surface area contributed by atoms with Gasteiger partial charge in [0, 0.05) is 24.0 Å². The van der Waals surface area contributed by atoms with Crippen LogP contribution < -0.4 is 4.74 Å². The van der Waals surface area contributed by atoms with E-state index < -0.39 is 5.60 Å². The topological polar surface area (TPSA) is 72.2 Å². The fourth-order valence-corrected chi connectivity index (χ4v) is 5.40. The van der Waals surface area contributed by atoms with Crippen molar-refractivity contribution in [2.45, 2.75) is 45.1 Å². The number of likely N-dealkylation sites (N-methyl/N-ethyl adjacent to an activating group) is 1. The molecular formula is C29H34N2O5. The van der Waals surface area contributed by atoms with Crippen molar-refractivity contribution in [3.63, 3.8) is 0 Å². The highest BCUT2D eigenvalue weighted by Gasteiger charge is 2.47. The summed E-state index contributed by atoms with van der Waals surface area (Å²) >= 11 is 0. The standard InChI is InChI=1S/C29H34N2O5/c1-3-30-16-18-34-24-13-6-4-10-22(24)11-8-9-15-29(28(30)33)20-31(17-19-35-29)27(32)26-21(2)23-12-5-7-14-25(23)36-26/h4-7,10,12-14H,3,8-9,11,15-20H2,1-2H3. The van der Waals surface area contributed by atoms with Crippen LogP contribution in [0.1, 0.15) is 47.9 Å². The van der Waals surface area contributed by atoms with Crippen molar-refractivity contribution in [3.8, 4) is 5.75 Å². The maximum atomic E-state index is 13.9. The molecule has 1 spiro atoms. The first-order valence-electron chi connectivity index (χ1n) is 12.9. The Morgan fingerprint density at radius 2 is 1.83 bits per heavy atom. The van der Waals surface area contributed by atoms with E-state index >= 15 is 0 Å². The highest BCUT2D eigenvalue weighted by Crippen LogP contribution is 2.32. The van der Waals surface area contributed by atoms with Crippen molar-refractivity contribution < 1.29 is 23.5 Å². The van der Waals surface area contributed by atoms with Gasteiger partial charge >= 0.3 is 0 Å². The second-order valence-electron chi connectivity index (χ2n) is 9.67. The Bertz CT molecular complexity index is 1250. The molecule has 5 rings (SSSR count). The number of para-hydroxylation sites is 2. The second kappa shape index (κ2) is 10.3. The Morgan fingerprint density at radius 3 is 2.67 bits per heavy atom. The summed E-state index contributed by atoms with van der Waals surface area (Å²) in [6.07, 6.45) is 3.15. The zero-order chi connectivity index (χ0) is 25.1. The van der Waals surface area contributed by atoms with Gasteiger partial charge in [0.1, 0.15) is 17.9 Å². The van der Waals surface area contributed by atoms with Crippen LogP contribution in [-0.2, 0) is 16.0 Å². The monoisotopic (exact) mass is 490 g/mol. The highest BCUT2D eigenvalue weighted by atomic mass is 16.5. The molecule has 3 heterocycles. The number of amides is 2. The number of rotatable bonds is 2. The lowest BCUT2D eigenvalue weighted by Gasteiger charge is -2.43. The summed E-state index contributed by atoms with van der Waals surface area (Å²) in [5, 5.41) is 0.934. The average Bonchev–Trinajstić information content (AvgIpc) is 3.25. The molecule has 0 bridgehead atoms. The normalized spacial score (nSPS) is 21.6. The van der Waals surface area contributed by atoms with Crippen molar-refractivity contribution in [1.82, 2.24) is 9.80 Å². The molecule has 2 amide bonds. The van der Waals surface area contributed by atoms with Crippen LogP contribution in [0.25, 0.3) is 11.0 Å². The van der Waals surface area contributed by atoms with Crippen molar-refractivity contribution in [1.29, 1.82) is 0 Å². The van der Waals surface area contributed by atoms with E-state index in [1.165, 1.54) is 5.56 Å². The number of morpholine rings is 1. The third-order valence-electron chi connectivity index (χ3n) is 7.44. The SMILES string of the molecule is CCN1CCOc2ccccc2CCCCC2(CN(C(=O)c3oc4ccccc4c3C)CCO2)C1=O. The molecular weight excluding hydrogens is 456 g/mol. The summed E-state index contributed by atoms with van der Waals surface area (Å²) in [6, 6.07) is 15.8. The first-order valence-corrected chi connectivity index (χ1v) is 12.9. The Hall–Kier alpha value is -3.32. The van der Waals surface area contributed by atoms with Gasteiger partial charge in [-0.2, -0.15) is 0 Å². The second-order valence-corrected chi connectivity index (χ2v) is 9.67. The van der Waals surface area contributed by atoms with Gasteiger partial charge in [-0.05, 0) is 57.2 Å². The number of hydrogen-bond donors (Lipinski definition) is 0. The number of furan rings is 1. The summed E-state index contributed by atoms with van der Waals surface area (Å²) in [5.74, 6) is 0.973. The van der Waals surface area contributed by atoms with Crippen LogP contribution in [0.15, 0.2) is 52.9 Å². The van der Waals surface area contributed by atoms with E-state index in [0.29, 0.717) is 50.6 Å². The fraction of sp³-hybridized carbons (Fsp3) is 0.448. The minimum absolute atomic E-state index is 0.0683. The molecule has 2 aliphatic heterocycles. The number of carbonyl (C=O) groups is 2. The number of carbonyl (C=O) groups excluding carboxylic acids is 2. The molecule has 2 aromatic carbocycles. The van der Waals surface area contributed by atoms with E-state index in [1.807, 2.05) is 56.3 Å². The minimum atomic E-state index is -1.07. The van der Waals surface area contributed by atoms with Crippen LogP contribution in [0.5, 0.6) is 5.75 Å². The summed E-state index contributed by atoms with van der Waals surface area (Å²) in [5.41, 5.74) is 1.64. The minimum Gasteiger partial charge on any atom is -0.491 e. The molecule has 7 heteroatoms. The van der Waals surface area contributed by atoms with Crippen LogP contribution in [0.3, 0.4) is 0 Å². The molecule has 3 aromatic rings. The smallest absolute Gasteiger partial charge is 0.290 e. The van der Waals surface area contributed by atoms with E-state index in [9.17, 15) is 9.59 Å². The van der Waals surface area contributed by atoms with Gasteiger partial charge < -0.3 is 23.7 Å². The predicted octanol–water partition coefficient (Wildman–Crippen LogP) is 4.61. The number of fused-ring (bicyclic) bond motifs is 2. The van der Waals surface area contributed by atoms with Crippen LogP contribution in [-0.4, -0.2) is 66.6 Å². The lowest BCUT2D eigenvalue weighted by molar-refractivity contribution is -0.170. The molecule has 190 valence electrons. The predicted molar refractivity (Wildman–Crippen MR) is 137 cm³/mol. The largest absolute Gasteiger partial charge is 0.491 e. The van der Waals surface area contributed by atoms with E-state index in [1.54, 1.807) is 9.80 Å². The maximum absolute atomic E-state index is 13.9. The van der Waals surface area contributed by atoms with Gasteiger partial charge in [-0.1, -0.05) is 36.4 Å². The first-order chi connectivity index (χ1) is 17.5. The molecule has 1 saturated heterocycles.